The van der Waals surface area contributed by atoms with E-state index in [0.29, 0.717) is 0 Å². The van der Waals surface area contributed by atoms with Crippen molar-refractivity contribution in [1.29, 1.82) is 0 Å². The van der Waals surface area contributed by atoms with E-state index in [4.69, 9.17) is 18.9 Å². The monoisotopic (exact) mass is 369 g/mol. The SMILES string of the molecule is CCOC(=O)c1c(Oc2cccc(C(F)(F)F)c2)cnc2c1OCCO2. The van der Waals surface area contributed by atoms with Crippen molar-refractivity contribution in [2.45, 2.75) is 13.1 Å². The van der Waals surface area contributed by atoms with Crippen LogP contribution in [0.5, 0.6) is 23.1 Å². The highest BCUT2D eigenvalue weighted by Crippen LogP contribution is 2.40. The van der Waals surface area contributed by atoms with Gasteiger partial charge in [-0.3, -0.25) is 0 Å². The standard InChI is InChI=1S/C17H14F3NO5/c1-2-23-16(22)13-12(9-21-15-14(13)24-6-7-25-15)26-11-5-3-4-10(8-11)17(18,19)20/h3-5,8-9H,2,6-7H2,1H3. The van der Waals surface area contributed by atoms with Crippen LogP contribution in [-0.4, -0.2) is 30.8 Å². The maximum Gasteiger partial charge on any atom is 0.416 e. The van der Waals surface area contributed by atoms with E-state index in [1.807, 2.05) is 0 Å². The first kappa shape index (κ1) is 17.8. The highest BCUT2D eigenvalue weighted by Gasteiger charge is 2.31. The Morgan fingerprint density at radius 3 is 2.77 bits per heavy atom. The van der Waals surface area contributed by atoms with E-state index in [1.165, 1.54) is 18.3 Å². The number of ether oxygens (including phenoxy) is 4. The minimum absolute atomic E-state index is 0.0409. The maximum absolute atomic E-state index is 12.9. The quantitative estimate of drug-likeness (QED) is 0.763. The van der Waals surface area contributed by atoms with Crippen molar-refractivity contribution in [2.75, 3.05) is 19.8 Å². The molecule has 6 nitrogen and oxygen atoms in total. The Morgan fingerprint density at radius 1 is 1.27 bits per heavy atom. The van der Waals surface area contributed by atoms with Crippen LogP contribution in [0.1, 0.15) is 22.8 Å². The Morgan fingerprint density at radius 2 is 2.04 bits per heavy atom. The number of carbonyl (C=O) groups is 1. The van der Waals surface area contributed by atoms with Crippen molar-refractivity contribution in [1.82, 2.24) is 4.98 Å². The van der Waals surface area contributed by atoms with Gasteiger partial charge < -0.3 is 18.9 Å². The van der Waals surface area contributed by atoms with E-state index in [9.17, 15) is 18.0 Å². The number of rotatable bonds is 4. The molecule has 9 heteroatoms. The topological polar surface area (TPSA) is 66.9 Å². The fraction of sp³-hybridized carbons (Fsp3) is 0.294. The van der Waals surface area contributed by atoms with Gasteiger partial charge in [-0.05, 0) is 25.1 Å². The Hall–Kier alpha value is -2.97. The zero-order valence-corrected chi connectivity index (χ0v) is 13.6. The maximum atomic E-state index is 12.9. The van der Waals surface area contributed by atoms with Gasteiger partial charge in [-0.25, -0.2) is 9.78 Å². The summed E-state index contributed by atoms with van der Waals surface area (Å²) in [5.74, 6) is -0.815. The lowest BCUT2D eigenvalue weighted by Crippen LogP contribution is -2.20. The molecule has 0 aliphatic carbocycles. The van der Waals surface area contributed by atoms with Gasteiger partial charge in [0.2, 0.25) is 0 Å². The number of nitrogens with zero attached hydrogens (tertiary/aromatic N) is 1. The molecule has 26 heavy (non-hydrogen) atoms. The van der Waals surface area contributed by atoms with Gasteiger partial charge in [0.25, 0.3) is 5.88 Å². The molecule has 2 heterocycles. The van der Waals surface area contributed by atoms with Crippen LogP contribution < -0.4 is 14.2 Å². The molecule has 0 amide bonds. The number of benzene rings is 1. The van der Waals surface area contributed by atoms with Crippen LogP contribution in [0.2, 0.25) is 0 Å². The number of pyridine rings is 1. The van der Waals surface area contributed by atoms with E-state index in [2.05, 4.69) is 4.98 Å². The molecule has 0 fully saturated rings. The lowest BCUT2D eigenvalue weighted by Gasteiger charge is -2.21. The second kappa shape index (κ2) is 7.11. The van der Waals surface area contributed by atoms with Gasteiger partial charge in [0.15, 0.2) is 17.1 Å². The third-order valence-electron chi connectivity index (χ3n) is 3.40. The zero-order chi connectivity index (χ0) is 18.7. The number of carbonyl (C=O) groups excluding carboxylic acids is 1. The van der Waals surface area contributed by atoms with Gasteiger partial charge in [0.05, 0.1) is 18.4 Å². The molecule has 1 aliphatic rings. The van der Waals surface area contributed by atoms with Crippen molar-refractivity contribution >= 4 is 5.97 Å². The average molecular weight is 369 g/mol. The first-order valence-electron chi connectivity index (χ1n) is 7.71. The summed E-state index contributed by atoms with van der Waals surface area (Å²) < 4.78 is 59.8. The molecule has 0 saturated carbocycles. The zero-order valence-electron chi connectivity index (χ0n) is 13.6. The van der Waals surface area contributed by atoms with Crippen LogP contribution in [0.4, 0.5) is 13.2 Å². The van der Waals surface area contributed by atoms with Crippen LogP contribution >= 0.6 is 0 Å². The van der Waals surface area contributed by atoms with E-state index in [1.54, 1.807) is 6.92 Å². The van der Waals surface area contributed by atoms with Crippen molar-refractivity contribution in [2.24, 2.45) is 0 Å². The highest BCUT2D eigenvalue weighted by atomic mass is 19.4. The molecule has 3 rings (SSSR count). The molecular formula is C17H14F3NO5. The molecule has 1 aliphatic heterocycles. The Balaban J connectivity index is 2.01. The van der Waals surface area contributed by atoms with E-state index in [-0.39, 0.29) is 48.5 Å². The second-order valence-corrected chi connectivity index (χ2v) is 5.18. The highest BCUT2D eigenvalue weighted by molar-refractivity contribution is 5.96. The van der Waals surface area contributed by atoms with Crippen LogP contribution in [-0.2, 0) is 10.9 Å². The predicted octanol–water partition coefficient (Wildman–Crippen LogP) is 3.84. The van der Waals surface area contributed by atoms with Crippen LogP contribution in [0.3, 0.4) is 0 Å². The van der Waals surface area contributed by atoms with Crippen LogP contribution in [0.25, 0.3) is 0 Å². The minimum Gasteiger partial charge on any atom is -0.484 e. The lowest BCUT2D eigenvalue weighted by molar-refractivity contribution is -0.137. The molecule has 2 aromatic rings. The molecule has 0 N–H and O–H groups in total. The summed E-state index contributed by atoms with van der Waals surface area (Å²) in [6, 6.07) is 4.28. The van der Waals surface area contributed by atoms with E-state index < -0.39 is 17.7 Å². The Bertz CT molecular complexity index is 823. The van der Waals surface area contributed by atoms with E-state index >= 15 is 0 Å². The molecule has 0 radical (unpaired) electrons. The van der Waals surface area contributed by atoms with Gasteiger partial charge in [-0.1, -0.05) is 6.07 Å². The number of aromatic nitrogens is 1. The molecule has 0 saturated heterocycles. The molecule has 138 valence electrons. The normalized spacial score (nSPS) is 13.2. The molecule has 1 aromatic carbocycles. The fourth-order valence-corrected chi connectivity index (χ4v) is 2.31. The van der Waals surface area contributed by atoms with Gasteiger partial charge in [0, 0.05) is 0 Å². The average Bonchev–Trinajstić information content (AvgIpc) is 2.61. The summed E-state index contributed by atoms with van der Waals surface area (Å²) >= 11 is 0. The van der Waals surface area contributed by atoms with E-state index in [0.717, 1.165) is 12.1 Å². The number of fused-ring (bicyclic) bond motifs is 1. The van der Waals surface area contributed by atoms with Crippen molar-refractivity contribution in [3.8, 4) is 23.1 Å². The first-order chi connectivity index (χ1) is 12.4. The van der Waals surface area contributed by atoms with Crippen molar-refractivity contribution in [3.63, 3.8) is 0 Å². The molecule has 0 spiro atoms. The number of esters is 1. The van der Waals surface area contributed by atoms with Crippen LogP contribution in [0, 0.1) is 0 Å². The first-order valence-corrected chi connectivity index (χ1v) is 7.71. The molecule has 1 aromatic heterocycles. The number of alkyl halides is 3. The van der Waals surface area contributed by atoms with Crippen molar-refractivity contribution in [3.05, 3.63) is 41.6 Å². The number of hydrogen-bond acceptors (Lipinski definition) is 6. The molecule has 0 unspecified atom stereocenters. The summed E-state index contributed by atoms with van der Waals surface area (Å²) in [7, 11) is 0. The molecule has 0 bridgehead atoms. The largest absolute Gasteiger partial charge is 0.484 e. The summed E-state index contributed by atoms with van der Waals surface area (Å²) in [4.78, 5) is 16.3. The predicted molar refractivity (Wildman–Crippen MR) is 82.7 cm³/mol. The summed E-state index contributed by atoms with van der Waals surface area (Å²) in [6.45, 7) is 2.17. The third kappa shape index (κ3) is 3.66. The smallest absolute Gasteiger partial charge is 0.416 e. The number of hydrogen-bond donors (Lipinski definition) is 0. The summed E-state index contributed by atoms with van der Waals surface area (Å²) in [6.07, 6.45) is -3.34. The third-order valence-corrected chi connectivity index (χ3v) is 3.40. The number of halogens is 3. The summed E-state index contributed by atoms with van der Waals surface area (Å²) in [5.41, 5.74) is -0.966. The Labute approximate surface area is 146 Å². The van der Waals surface area contributed by atoms with Gasteiger partial charge in [-0.15, -0.1) is 0 Å². The van der Waals surface area contributed by atoms with Crippen LogP contribution in [0.15, 0.2) is 30.5 Å². The molecule has 0 atom stereocenters. The van der Waals surface area contributed by atoms with Gasteiger partial charge >= 0.3 is 12.1 Å². The van der Waals surface area contributed by atoms with Crippen molar-refractivity contribution < 1.29 is 36.9 Å². The second-order valence-electron chi connectivity index (χ2n) is 5.18. The fourth-order valence-electron chi connectivity index (χ4n) is 2.31. The molecular weight excluding hydrogens is 355 g/mol. The minimum atomic E-state index is -4.52. The van der Waals surface area contributed by atoms with Gasteiger partial charge in [0.1, 0.15) is 19.0 Å². The Kier molecular flexibility index (Phi) is 4.88. The van der Waals surface area contributed by atoms with Gasteiger partial charge in [-0.2, -0.15) is 13.2 Å². The summed E-state index contributed by atoms with van der Waals surface area (Å²) in [5, 5.41) is 0. The lowest BCUT2D eigenvalue weighted by atomic mass is 10.2.